The van der Waals surface area contributed by atoms with E-state index < -0.39 is 0 Å². The van der Waals surface area contributed by atoms with Crippen molar-refractivity contribution >= 4 is 11.9 Å². The summed E-state index contributed by atoms with van der Waals surface area (Å²) in [5.74, 6) is 0.181. The number of carbonyl (C=O) groups is 1. The Bertz CT molecular complexity index is 757. The molecule has 1 aromatic heterocycles. The minimum atomic E-state index is -0.0163. The molecule has 0 radical (unpaired) electrons. The van der Waals surface area contributed by atoms with Gasteiger partial charge in [-0.15, -0.1) is 0 Å². The quantitative estimate of drug-likeness (QED) is 0.926. The number of aromatic nitrogens is 2. The number of aryl methyl sites for hydroxylation is 1. The summed E-state index contributed by atoms with van der Waals surface area (Å²) >= 11 is 0. The molecular formula is C19H25N5O. The summed E-state index contributed by atoms with van der Waals surface area (Å²) in [5.41, 5.74) is 9.21. The maximum atomic E-state index is 13.0. The third-order valence-electron chi connectivity index (χ3n) is 4.61. The van der Waals surface area contributed by atoms with Gasteiger partial charge in [0.15, 0.2) is 0 Å². The van der Waals surface area contributed by atoms with Crippen LogP contribution in [-0.2, 0) is 6.54 Å². The molecule has 1 aliphatic heterocycles. The first kappa shape index (κ1) is 17.4. The number of anilines is 1. The zero-order chi connectivity index (χ0) is 18.0. The molecule has 6 heteroatoms. The maximum Gasteiger partial charge on any atom is 0.257 e. The van der Waals surface area contributed by atoms with Crippen molar-refractivity contribution in [1.29, 1.82) is 0 Å². The van der Waals surface area contributed by atoms with Gasteiger partial charge < -0.3 is 15.5 Å². The number of carbonyl (C=O) groups excluding carboxylic acids is 1. The maximum absolute atomic E-state index is 13.0. The van der Waals surface area contributed by atoms with E-state index in [1.54, 1.807) is 6.92 Å². The Hall–Kier alpha value is -2.47. The lowest BCUT2D eigenvalue weighted by molar-refractivity contribution is 0.0734. The first-order valence-corrected chi connectivity index (χ1v) is 8.59. The van der Waals surface area contributed by atoms with E-state index in [0.29, 0.717) is 11.3 Å². The van der Waals surface area contributed by atoms with Gasteiger partial charge >= 0.3 is 0 Å². The number of rotatable bonds is 4. The van der Waals surface area contributed by atoms with Crippen LogP contribution in [0, 0.1) is 6.92 Å². The summed E-state index contributed by atoms with van der Waals surface area (Å²) in [7, 11) is 4.12. The lowest BCUT2D eigenvalue weighted by Crippen LogP contribution is -2.31. The molecule has 0 bridgehead atoms. The Morgan fingerprint density at radius 2 is 2.04 bits per heavy atom. The van der Waals surface area contributed by atoms with Crippen molar-refractivity contribution in [3.8, 4) is 0 Å². The van der Waals surface area contributed by atoms with Crippen molar-refractivity contribution < 1.29 is 4.79 Å². The van der Waals surface area contributed by atoms with Crippen molar-refractivity contribution in [2.24, 2.45) is 0 Å². The van der Waals surface area contributed by atoms with Crippen LogP contribution in [0.25, 0.3) is 0 Å². The number of hydrogen-bond donors (Lipinski definition) is 1. The van der Waals surface area contributed by atoms with Gasteiger partial charge in [-0.3, -0.25) is 4.79 Å². The van der Waals surface area contributed by atoms with E-state index in [4.69, 9.17) is 5.73 Å². The van der Waals surface area contributed by atoms with Gasteiger partial charge in [-0.05, 0) is 45.0 Å². The molecule has 132 valence electrons. The molecule has 1 aliphatic rings. The van der Waals surface area contributed by atoms with Crippen LogP contribution >= 0.6 is 0 Å². The lowest BCUT2D eigenvalue weighted by atomic mass is 10.0. The number of hydrogen-bond acceptors (Lipinski definition) is 5. The molecule has 0 spiro atoms. The zero-order valence-electron chi connectivity index (χ0n) is 15.1. The molecule has 2 heterocycles. The molecule has 0 saturated carbocycles. The second kappa shape index (κ2) is 7.19. The third-order valence-corrected chi connectivity index (χ3v) is 4.61. The van der Waals surface area contributed by atoms with E-state index in [1.165, 1.54) is 17.3 Å². The number of nitrogens with zero attached hydrogens (tertiary/aromatic N) is 4. The third kappa shape index (κ3) is 3.79. The van der Waals surface area contributed by atoms with Crippen LogP contribution in [0.4, 0.5) is 5.95 Å². The molecule has 2 N–H and O–H groups in total. The minimum absolute atomic E-state index is 0.0163. The fraction of sp³-hybridized carbons (Fsp3) is 0.421. The van der Waals surface area contributed by atoms with E-state index in [0.717, 1.165) is 25.9 Å². The van der Waals surface area contributed by atoms with E-state index in [-0.39, 0.29) is 17.9 Å². The van der Waals surface area contributed by atoms with Crippen LogP contribution in [0.3, 0.4) is 0 Å². The van der Waals surface area contributed by atoms with Crippen LogP contribution in [0.2, 0.25) is 0 Å². The van der Waals surface area contributed by atoms with Crippen LogP contribution in [0.5, 0.6) is 0 Å². The molecule has 2 aromatic rings. The minimum Gasteiger partial charge on any atom is -0.368 e. The fourth-order valence-electron chi connectivity index (χ4n) is 3.42. The van der Waals surface area contributed by atoms with Crippen molar-refractivity contribution in [2.75, 3.05) is 26.4 Å². The number of likely N-dealkylation sites (tertiary alicyclic amines) is 1. The number of nitrogens with two attached hydrogens (primary N) is 1. The summed E-state index contributed by atoms with van der Waals surface area (Å²) < 4.78 is 0. The van der Waals surface area contributed by atoms with Crippen molar-refractivity contribution in [3.63, 3.8) is 0 Å². The molecule has 6 nitrogen and oxygen atoms in total. The number of nitrogen functional groups attached to an aromatic ring is 1. The van der Waals surface area contributed by atoms with E-state index in [1.807, 2.05) is 4.90 Å². The van der Waals surface area contributed by atoms with E-state index in [2.05, 4.69) is 53.2 Å². The molecular weight excluding hydrogens is 314 g/mol. The predicted octanol–water partition coefficient (Wildman–Crippen LogP) is 2.41. The Kier molecular flexibility index (Phi) is 4.99. The van der Waals surface area contributed by atoms with E-state index in [9.17, 15) is 4.79 Å². The Labute approximate surface area is 148 Å². The smallest absolute Gasteiger partial charge is 0.257 e. The number of amides is 1. The molecule has 0 unspecified atom stereocenters. The van der Waals surface area contributed by atoms with Gasteiger partial charge in [-0.25, -0.2) is 9.97 Å². The molecule has 1 atom stereocenters. The van der Waals surface area contributed by atoms with Crippen LogP contribution in [-0.4, -0.2) is 46.3 Å². The standard InChI is InChI=1S/C19H25N5O/c1-13-16(11-21-19(20)22-13)18(25)24-10-4-5-17(24)15-8-6-14(7-9-15)12-23(2)3/h6-9,11,17H,4-5,10,12H2,1-3H3,(H2,20,21,22)/t17-/m0/s1. The first-order chi connectivity index (χ1) is 12.0. The van der Waals surface area contributed by atoms with Crippen LogP contribution in [0.1, 0.15) is 46.1 Å². The monoisotopic (exact) mass is 339 g/mol. The molecule has 1 amide bonds. The zero-order valence-corrected chi connectivity index (χ0v) is 15.1. The first-order valence-electron chi connectivity index (χ1n) is 8.59. The normalized spacial score (nSPS) is 17.3. The molecule has 1 aromatic carbocycles. The fourth-order valence-corrected chi connectivity index (χ4v) is 3.42. The highest BCUT2D eigenvalue weighted by Crippen LogP contribution is 2.33. The SMILES string of the molecule is Cc1nc(N)ncc1C(=O)N1CCC[C@H]1c1ccc(CN(C)C)cc1. The predicted molar refractivity (Wildman–Crippen MR) is 98.0 cm³/mol. The van der Waals surface area contributed by atoms with Gasteiger partial charge in [-0.1, -0.05) is 24.3 Å². The van der Waals surface area contributed by atoms with Gasteiger partial charge in [-0.2, -0.15) is 0 Å². The second-order valence-corrected chi connectivity index (χ2v) is 6.86. The number of benzene rings is 1. The van der Waals surface area contributed by atoms with E-state index >= 15 is 0 Å². The highest BCUT2D eigenvalue weighted by atomic mass is 16.2. The van der Waals surface area contributed by atoms with Crippen LogP contribution in [0.15, 0.2) is 30.5 Å². The highest BCUT2D eigenvalue weighted by Gasteiger charge is 2.31. The summed E-state index contributed by atoms with van der Waals surface area (Å²) in [6.07, 6.45) is 3.52. The summed E-state index contributed by atoms with van der Waals surface area (Å²) in [4.78, 5) is 25.2. The van der Waals surface area contributed by atoms with Gasteiger partial charge in [0.2, 0.25) is 5.95 Å². The Morgan fingerprint density at radius 3 is 2.68 bits per heavy atom. The van der Waals surface area contributed by atoms with Gasteiger partial charge in [0.25, 0.3) is 5.91 Å². The second-order valence-electron chi connectivity index (χ2n) is 6.86. The van der Waals surface area contributed by atoms with Crippen molar-refractivity contribution in [1.82, 2.24) is 19.8 Å². The summed E-state index contributed by atoms with van der Waals surface area (Å²) in [6, 6.07) is 8.68. The van der Waals surface area contributed by atoms with Crippen molar-refractivity contribution in [3.05, 3.63) is 52.8 Å². The average Bonchev–Trinajstić information content (AvgIpc) is 3.04. The largest absolute Gasteiger partial charge is 0.368 e. The molecule has 3 rings (SSSR count). The topological polar surface area (TPSA) is 75.3 Å². The Balaban J connectivity index is 1.81. The lowest BCUT2D eigenvalue weighted by Gasteiger charge is -2.26. The van der Waals surface area contributed by atoms with Gasteiger partial charge in [0.1, 0.15) is 0 Å². The summed E-state index contributed by atoms with van der Waals surface area (Å²) in [5, 5.41) is 0. The Morgan fingerprint density at radius 1 is 1.32 bits per heavy atom. The molecule has 1 saturated heterocycles. The van der Waals surface area contributed by atoms with Crippen LogP contribution < -0.4 is 5.73 Å². The summed E-state index contributed by atoms with van der Waals surface area (Å²) in [6.45, 7) is 3.47. The van der Waals surface area contributed by atoms with Gasteiger partial charge in [0.05, 0.1) is 17.3 Å². The van der Waals surface area contributed by atoms with Gasteiger partial charge in [0, 0.05) is 19.3 Å². The highest BCUT2D eigenvalue weighted by molar-refractivity contribution is 5.95. The van der Waals surface area contributed by atoms with Crippen molar-refractivity contribution in [2.45, 2.75) is 32.4 Å². The average molecular weight is 339 g/mol. The molecule has 25 heavy (non-hydrogen) atoms. The molecule has 0 aliphatic carbocycles. The molecule has 1 fully saturated rings.